The summed E-state index contributed by atoms with van der Waals surface area (Å²) < 4.78 is 20.7. The zero-order chi connectivity index (χ0) is 23.0. The Kier molecular flexibility index (Phi) is 5.05. The fourth-order valence-corrected chi connectivity index (χ4v) is 3.91. The minimum Gasteiger partial charge on any atom is -0.481 e. The molecule has 6 heteroatoms. The van der Waals surface area contributed by atoms with Crippen LogP contribution < -0.4 is 4.74 Å². The first-order chi connectivity index (χ1) is 15.9. The second-order valence-corrected chi connectivity index (χ2v) is 8.31. The highest BCUT2D eigenvalue weighted by Crippen LogP contribution is 2.33. The second-order valence-electron chi connectivity index (χ2n) is 8.31. The summed E-state index contributed by atoms with van der Waals surface area (Å²) in [6, 6.07) is 20.9. The Hall–Kier alpha value is -4.19. The molecule has 1 unspecified atom stereocenters. The van der Waals surface area contributed by atoms with Crippen molar-refractivity contribution in [3.63, 3.8) is 0 Å². The highest BCUT2D eigenvalue weighted by molar-refractivity contribution is 5.83. The number of carboxylic acid groups (broad SMARTS) is 1. The number of hydrogen-bond donors (Lipinski definition) is 2. The summed E-state index contributed by atoms with van der Waals surface area (Å²) in [6.07, 6.45) is 5.40. The van der Waals surface area contributed by atoms with Crippen LogP contribution in [0.2, 0.25) is 0 Å². The fourth-order valence-electron chi connectivity index (χ4n) is 3.91. The molecule has 1 heterocycles. The second kappa shape index (κ2) is 8.06. The molecule has 0 saturated carbocycles. The number of allylic oxidation sites excluding steroid dienone is 2. The van der Waals surface area contributed by atoms with E-state index in [-0.39, 0.29) is 11.8 Å². The molecule has 5 rings (SSSR count). The van der Waals surface area contributed by atoms with Gasteiger partial charge in [-0.15, -0.1) is 0 Å². The third-order valence-corrected chi connectivity index (χ3v) is 5.84. The SMILES string of the molecule is CC1(C(=O)O)C=C(Oc2nc3cc(-c4ccc(-c5ccccc5)cc4)c(F)cc3[nH]2)C=CC1. The molecule has 33 heavy (non-hydrogen) atoms. The summed E-state index contributed by atoms with van der Waals surface area (Å²) in [5, 5.41) is 9.45. The lowest BCUT2D eigenvalue weighted by Gasteiger charge is -2.22. The molecule has 0 bridgehead atoms. The number of halogens is 1. The van der Waals surface area contributed by atoms with Gasteiger partial charge in [-0.3, -0.25) is 4.79 Å². The number of rotatable bonds is 5. The van der Waals surface area contributed by atoms with Gasteiger partial charge >= 0.3 is 5.97 Å². The molecule has 4 aromatic rings. The van der Waals surface area contributed by atoms with Gasteiger partial charge < -0.3 is 14.8 Å². The molecule has 0 spiro atoms. The van der Waals surface area contributed by atoms with E-state index in [4.69, 9.17) is 4.74 Å². The Bertz CT molecular complexity index is 1400. The van der Waals surface area contributed by atoms with E-state index in [0.717, 1.165) is 16.7 Å². The number of ether oxygens (including phenoxy) is 1. The van der Waals surface area contributed by atoms with Crippen LogP contribution in [0.4, 0.5) is 4.39 Å². The third-order valence-electron chi connectivity index (χ3n) is 5.84. The van der Waals surface area contributed by atoms with Crippen molar-refractivity contribution in [1.82, 2.24) is 9.97 Å². The summed E-state index contributed by atoms with van der Waals surface area (Å²) in [6.45, 7) is 1.63. The number of imidazole rings is 1. The van der Waals surface area contributed by atoms with Crippen LogP contribution in [-0.4, -0.2) is 21.0 Å². The normalized spacial score (nSPS) is 17.7. The number of benzene rings is 3. The first kappa shape index (κ1) is 20.7. The standard InChI is InChI=1S/C27H21FN2O3/c1-27(25(31)32)13-5-8-20(16-27)33-26-29-23-14-21(22(28)15-24(23)30-26)19-11-9-18(10-12-19)17-6-3-2-4-7-17/h2-12,14-16H,13H2,1H3,(H,29,30)(H,31,32). The molecule has 0 fully saturated rings. The predicted molar refractivity (Wildman–Crippen MR) is 125 cm³/mol. The number of H-pyrrole nitrogens is 1. The van der Waals surface area contributed by atoms with Gasteiger partial charge in [-0.1, -0.05) is 60.7 Å². The van der Waals surface area contributed by atoms with Crippen molar-refractivity contribution >= 4 is 17.0 Å². The molecule has 3 aromatic carbocycles. The Morgan fingerprint density at radius 1 is 1.06 bits per heavy atom. The van der Waals surface area contributed by atoms with Crippen LogP contribution in [0.1, 0.15) is 13.3 Å². The summed E-state index contributed by atoms with van der Waals surface area (Å²) >= 11 is 0. The number of fused-ring (bicyclic) bond motifs is 1. The van der Waals surface area contributed by atoms with E-state index in [1.165, 1.54) is 6.07 Å². The van der Waals surface area contributed by atoms with Crippen LogP contribution in [0.5, 0.6) is 6.01 Å². The molecule has 0 radical (unpaired) electrons. The molecule has 5 nitrogen and oxygen atoms in total. The quantitative estimate of drug-likeness (QED) is 0.379. The monoisotopic (exact) mass is 440 g/mol. The van der Waals surface area contributed by atoms with Crippen molar-refractivity contribution < 1.29 is 19.0 Å². The number of aliphatic carboxylic acids is 1. The largest absolute Gasteiger partial charge is 0.481 e. The summed E-state index contributed by atoms with van der Waals surface area (Å²) in [5.74, 6) is -0.926. The Labute approximate surface area is 189 Å². The smallest absolute Gasteiger partial charge is 0.313 e. The van der Waals surface area contributed by atoms with E-state index in [2.05, 4.69) is 9.97 Å². The Morgan fingerprint density at radius 2 is 1.76 bits per heavy atom. The van der Waals surface area contributed by atoms with Crippen molar-refractivity contribution in [2.24, 2.45) is 5.41 Å². The molecule has 2 N–H and O–H groups in total. The molecule has 0 aliphatic heterocycles. The van der Waals surface area contributed by atoms with Crippen molar-refractivity contribution in [3.8, 4) is 28.3 Å². The fraction of sp³-hybridized carbons (Fsp3) is 0.111. The number of nitrogens with zero attached hydrogens (tertiary/aromatic N) is 1. The van der Waals surface area contributed by atoms with Gasteiger partial charge in [0.05, 0.1) is 16.4 Å². The van der Waals surface area contributed by atoms with E-state index in [0.29, 0.717) is 28.8 Å². The maximum atomic E-state index is 14.9. The molecule has 1 aliphatic rings. The third kappa shape index (κ3) is 4.03. The number of nitrogens with one attached hydrogen (secondary N) is 1. The number of aromatic nitrogens is 2. The summed E-state index contributed by atoms with van der Waals surface area (Å²) in [4.78, 5) is 18.9. The van der Waals surface area contributed by atoms with Crippen LogP contribution in [0.15, 0.2) is 90.7 Å². The van der Waals surface area contributed by atoms with E-state index in [9.17, 15) is 14.3 Å². The van der Waals surface area contributed by atoms with E-state index < -0.39 is 11.4 Å². The molecule has 1 atom stereocenters. The number of carbonyl (C=O) groups is 1. The van der Waals surface area contributed by atoms with Gasteiger partial charge in [0.2, 0.25) is 0 Å². The number of aromatic amines is 1. The maximum absolute atomic E-state index is 14.9. The molecule has 0 saturated heterocycles. The van der Waals surface area contributed by atoms with Gasteiger partial charge in [0, 0.05) is 11.6 Å². The zero-order valence-corrected chi connectivity index (χ0v) is 17.9. The molecule has 1 aromatic heterocycles. The topological polar surface area (TPSA) is 75.2 Å². The molecular formula is C27H21FN2O3. The average Bonchev–Trinajstić information content (AvgIpc) is 3.20. The summed E-state index contributed by atoms with van der Waals surface area (Å²) in [5.41, 5.74) is 3.34. The first-order valence-corrected chi connectivity index (χ1v) is 10.6. The van der Waals surface area contributed by atoms with E-state index in [1.54, 1.807) is 31.2 Å². The van der Waals surface area contributed by atoms with Crippen LogP contribution in [0.3, 0.4) is 0 Å². The van der Waals surface area contributed by atoms with Crippen molar-refractivity contribution in [1.29, 1.82) is 0 Å². The van der Waals surface area contributed by atoms with Gasteiger partial charge in [0.25, 0.3) is 6.01 Å². The number of hydrogen-bond acceptors (Lipinski definition) is 3. The van der Waals surface area contributed by atoms with Crippen LogP contribution >= 0.6 is 0 Å². The molecule has 164 valence electrons. The summed E-state index contributed by atoms with van der Waals surface area (Å²) in [7, 11) is 0. The van der Waals surface area contributed by atoms with E-state index in [1.807, 2.05) is 54.6 Å². The van der Waals surface area contributed by atoms with Crippen LogP contribution in [-0.2, 0) is 4.79 Å². The van der Waals surface area contributed by atoms with Crippen LogP contribution in [0, 0.1) is 11.2 Å². The molecule has 0 amide bonds. The molecule has 1 aliphatic carbocycles. The zero-order valence-electron chi connectivity index (χ0n) is 17.9. The van der Waals surface area contributed by atoms with E-state index >= 15 is 0 Å². The van der Waals surface area contributed by atoms with Crippen LogP contribution in [0.25, 0.3) is 33.3 Å². The number of carboxylic acids is 1. The highest BCUT2D eigenvalue weighted by atomic mass is 19.1. The van der Waals surface area contributed by atoms with Gasteiger partial charge in [0.1, 0.15) is 11.6 Å². The minimum atomic E-state index is -1.04. The van der Waals surface area contributed by atoms with Gasteiger partial charge in [0.15, 0.2) is 0 Å². The first-order valence-electron chi connectivity index (χ1n) is 10.6. The van der Waals surface area contributed by atoms with Crippen molar-refractivity contribution in [2.45, 2.75) is 13.3 Å². The maximum Gasteiger partial charge on any atom is 0.313 e. The van der Waals surface area contributed by atoms with Gasteiger partial charge in [-0.25, -0.2) is 4.39 Å². The van der Waals surface area contributed by atoms with Crippen molar-refractivity contribution in [2.75, 3.05) is 0 Å². The van der Waals surface area contributed by atoms with Gasteiger partial charge in [-0.2, -0.15) is 4.98 Å². The average molecular weight is 440 g/mol. The van der Waals surface area contributed by atoms with Gasteiger partial charge in [-0.05, 0) is 48.3 Å². The highest BCUT2D eigenvalue weighted by Gasteiger charge is 2.32. The Morgan fingerprint density at radius 3 is 2.48 bits per heavy atom. The molecular weight excluding hydrogens is 419 g/mol. The lowest BCUT2D eigenvalue weighted by Crippen LogP contribution is -2.27. The van der Waals surface area contributed by atoms with Crippen molar-refractivity contribution in [3.05, 3.63) is 96.5 Å². The minimum absolute atomic E-state index is 0.173. The lowest BCUT2D eigenvalue weighted by atomic mass is 9.83. The lowest BCUT2D eigenvalue weighted by molar-refractivity contribution is -0.145. The Balaban J connectivity index is 1.43. The predicted octanol–water partition coefficient (Wildman–Crippen LogP) is 6.35.